The van der Waals surface area contributed by atoms with Crippen molar-refractivity contribution >= 4 is 34.6 Å². The van der Waals surface area contributed by atoms with Crippen LogP contribution in [-0.4, -0.2) is 36.2 Å². The Bertz CT molecular complexity index is 1070. The average molecular weight is 376 g/mol. The van der Waals surface area contributed by atoms with Crippen molar-refractivity contribution in [2.75, 3.05) is 18.1 Å². The molecule has 2 amide bonds. The van der Waals surface area contributed by atoms with E-state index in [0.29, 0.717) is 11.4 Å². The summed E-state index contributed by atoms with van der Waals surface area (Å²) in [7, 11) is 0. The van der Waals surface area contributed by atoms with Crippen LogP contribution in [0.2, 0.25) is 0 Å². The Kier molecular flexibility index (Phi) is 4.80. The molecule has 28 heavy (non-hydrogen) atoms. The summed E-state index contributed by atoms with van der Waals surface area (Å²) in [5.41, 5.74) is 6.27. The van der Waals surface area contributed by atoms with Crippen LogP contribution in [0.3, 0.4) is 0 Å². The van der Waals surface area contributed by atoms with Gasteiger partial charge in [0, 0.05) is 22.7 Å². The number of rotatable bonds is 5. The molecule has 0 aliphatic carbocycles. The number of carbonyl (C=O) groups is 2. The summed E-state index contributed by atoms with van der Waals surface area (Å²) >= 11 is 0. The number of ether oxygens (including phenoxy) is 1. The number of aryl methyl sites for hydroxylation is 1. The number of carbonyl (C=O) groups excluding carboxylic acids is 2. The molecule has 0 unspecified atom stereocenters. The number of nitrogens with zero attached hydrogens (tertiary/aromatic N) is 2. The number of anilines is 1. The van der Waals surface area contributed by atoms with Crippen molar-refractivity contribution in [3.63, 3.8) is 0 Å². The summed E-state index contributed by atoms with van der Waals surface area (Å²) in [4.78, 5) is 29.1. The summed E-state index contributed by atoms with van der Waals surface area (Å²) in [6, 6.07) is 13.2. The van der Waals surface area contributed by atoms with Crippen molar-refractivity contribution in [3.8, 4) is 5.75 Å². The van der Waals surface area contributed by atoms with Crippen molar-refractivity contribution in [1.82, 2.24) is 10.4 Å². The van der Waals surface area contributed by atoms with E-state index in [9.17, 15) is 9.59 Å². The number of nitrogens with one attached hydrogen (secondary N) is 2. The topological polar surface area (TPSA) is 86.8 Å². The number of hydrogen-bond donors (Lipinski definition) is 2. The summed E-state index contributed by atoms with van der Waals surface area (Å²) < 4.78 is 5.38. The van der Waals surface area contributed by atoms with E-state index in [4.69, 9.17) is 4.74 Å². The Labute approximate surface area is 162 Å². The Morgan fingerprint density at radius 3 is 3.00 bits per heavy atom. The third kappa shape index (κ3) is 3.34. The van der Waals surface area contributed by atoms with Crippen molar-refractivity contribution in [2.45, 2.75) is 13.3 Å². The maximum absolute atomic E-state index is 12.3. The van der Waals surface area contributed by atoms with Crippen LogP contribution < -0.4 is 15.1 Å². The third-order valence-electron chi connectivity index (χ3n) is 4.72. The Morgan fingerprint density at radius 1 is 1.29 bits per heavy atom. The van der Waals surface area contributed by atoms with Gasteiger partial charge >= 0.3 is 0 Å². The van der Waals surface area contributed by atoms with Crippen molar-refractivity contribution < 1.29 is 14.3 Å². The summed E-state index contributed by atoms with van der Waals surface area (Å²) in [6.45, 7) is 1.90. The number of fused-ring (bicyclic) bond motifs is 2. The molecule has 0 saturated carbocycles. The number of hydrogen-bond acceptors (Lipinski definition) is 4. The van der Waals surface area contributed by atoms with Gasteiger partial charge in [-0.1, -0.05) is 37.3 Å². The number of amides is 2. The fraction of sp³-hybridized carbons (Fsp3) is 0.190. The average Bonchev–Trinajstić information content (AvgIpc) is 3.13. The van der Waals surface area contributed by atoms with Gasteiger partial charge in [-0.15, -0.1) is 0 Å². The van der Waals surface area contributed by atoms with Crippen LogP contribution in [0.4, 0.5) is 5.69 Å². The quantitative estimate of drug-likeness (QED) is 0.530. The minimum Gasteiger partial charge on any atom is -0.482 e. The lowest BCUT2D eigenvalue weighted by atomic mass is 10.1. The molecule has 0 radical (unpaired) electrons. The summed E-state index contributed by atoms with van der Waals surface area (Å²) in [5.74, 6) is -0.0548. The molecule has 7 nitrogen and oxygen atoms in total. The molecule has 0 saturated heterocycles. The van der Waals surface area contributed by atoms with Crippen LogP contribution in [-0.2, 0) is 16.0 Å². The Balaban J connectivity index is 1.45. The number of aromatic nitrogens is 1. The Hall–Kier alpha value is -3.61. The number of hydrazone groups is 1. The molecule has 1 aliphatic heterocycles. The van der Waals surface area contributed by atoms with Crippen molar-refractivity contribution in [1.29, 1.82) is 0 Å². The molecule has 1 aliphatic rings. The standard InChI is InChI=1S/C21H20N4O3/c1-2-14-6-5-7-16-15(10-22-21(14)16)11-23-24-19(26)12-25-17-8-3-4-9-18(17)28-13-20(25)27/h3-11,22H,2,12-13H2,1H3,(H,24,26)/b23-11+. The van der Waals surface area contributed by atoms with E-state index >= 15 is 0 Å². The fourth-order valence-electron chi connectivity index (χ4n) is 3.32. The van der Waals surface area contributed by atoms with Gasteiger partial charge in [0.15, 0.2) is 6.61 Å². The van der Waals surface area contributed by atoms with Crippen LogP contribution in [0, 0.1) is 0 Å². The van der Waals surface area contributed by atoms with Gasteiger partial charge in [0.05, 0.1) is 11.9 Å². The molecule has 3 aromatic rings. The maximum atomic E-state index is 12.3. The second kappa shape index (κ2) is 7.56. The number of para-hydroxylation sites is 3. The molecule has 2 N–H and O–H groups in total. The first-order valence-corrected chi connectivity index (χ1v) is 9.10. The van der Waals surface area contributed by atoms with E-state index in [1.807, 2.05) is 24.4 Å². The van der Waals surface area contributed by atoms with Crippen LogP contribution in [0.25, 0.3) is 10.9 Å². The largest absolute Gasteiger partial charge is 0.482 e. The van der Waals surface area contributed by atoms with Gasteiger partial charge in [-0.05, 0) is 24.1 Å². The first kappa shape index (κ1) is 17.8. The molecular formula is C21H20N4O3. The van der Waals surface area contributed by atoms with Crippen LogP contribution in [0.5, 0.6) is 5.75 Å². The highest BCUT2D eigenvalue weighted by Crippen LogP contribution is 2.31. The van der Waals surface area contributed by atoms with Gasteiger partial charge in [0.25, 0.3) is 11.8 Å². The molecule has 0 fully saturated rings. The lowest BCUT2D eigenvalue weighted by Gasteiger charge is -2.28. The van der Waals surface area contributed by atoms with Crippen LogP contribution >= 0.6 is 0 Å². The van der Waals surface area contributed by atoms with Gasteiger partial charge < -0.3 is 9.72 Å². The third-order valence-corrected chi connectivity index (χ3v) is 4.72. The number of benzene rings is 2. The summed E-state index contributed by atoms with van der Waals surface area (Å²) in [5, 5.41) is 5.10. The van der Waals surface area contributed by atoms with Gasteiger partial charge in [0.2, 0.25) is 0 Å². The predicted molar refractivity (Wildman–Crippen MR) is 108 cm³/mol. The molecule has 0 bridgehead atoms. The molecule has 1 aromatic heterocycles. The zero-order chi connectivity index (χ0) is 19.5. The zero-order valence-electron chi connectivity index (χ0n) is 15.4. The second-order valence-corrected chi connectivity index (χ2v) is 6.47. The molecular weight excluding hydrogens is 356 g/mol. The van der Waals surface area contributed by atoms with Crippen molar-refractivity contribution in [2.24, 2.45) is 5.10 Å². The van der Waals surface area contributed by atoms with Gasteiger partial charge in [-0.3, -0.25) is 14.5 Å². The van der Waals surface area contributed by atoms with Gasteiger partial charge in [0.1, 0.15) is 12.3 Å². The predicted octanol–water partition coefficient (Wildman–Crippen LogP) is 2.61. The van der Waals surface area contributed by atoms with E-state index in [2.05, 4.69) is 28.5 Å². The smallest absolute Gasteiger partial charge is 0.265 e. The zero-order valence-corrected chi connectivity index (χ0v) is 15.4. The minimum absolute atomic E-state index is 0.0807. The maximum Gasteiger partial charge on any atom is 0.265 e. The molecule has 142 valence electrons. The normalized spacial score (nSPS) is 13.6. The molecule has 2 heterocycles. The second-order valence-electron chi connectivity index (χ2n) is 6.47. The number of H-pyrrole nitrogens is 1. The van der Waals surface area contributed by atoms with E-state index in [1.54, 1.807) is 24.4 Å². The Morgan fingerprint density at radius 2 is 2.14 bits per heavy atom. The van der Waals surface area contributed by atoms with E-state index in [0.717, 1.165) is 22.9 Å². The van der Waals surface area contributed by atoms with E-state index < -0.39 is 0 Å². The SMILES string of the molecule is CCc1cccc2c(/C=N/NC(=O)CN3C(=O)COc4ccccc43)c[nH]c12. The summed E-state index contributed by atoms with van der Waals surface area (Å²) in [6.07, 6.45) is 4.40. The van der Waals surface area contributed by atoms with Crippen LogP contribution in [0.15, 0.2) is 53.8 Å². The monoisotopic (exact) mass is 376 g/mol. The van der Waals surface area contributed by atoms with E-state index in [-0.39, 0.29) is 25.0 Å². The van der Waals surface area contributed by atoms with Gasteiger partial charge in [-0.2, -0.15) is 5.10 Å². The highest BCUT2D eigenvalue weighted by molar-refractivity contribution is 6.03. The van der Waals surface area contributed by atoms with E-state index in [1.165, 1.54) is 10.5 Å². The first-order valence-electron chi connectivity index (χ1n) is 9.10. The highest BCUT2D eigenvalue weighted by Gasteiger charge is 2.26. The molecule has 2 aromatic carbocycles. The lowest BCUT2D eigenvalue weighted by Crippen LogP contribution is -2.44. The van der Waals surface area contributed by atoms with Crippen molar-refractivity contribution in [3.05, 3.63) is 59.8 Å². The lowest BCUT2D eigenvalue weighted by molar-refractivity contribution is -0.125. The minimum atomic E-state index is -0.379. The molecule has 0 atom stereocenters. The molecule has 0 spiro atoms. The van der Waals surface area contributed by atoms with Gasteiger partial charge in [-0.25, -0.2) is 5.43 Å². The van der Waals surface area contributed by atoms with Crippen LogP contribution in [0.1, 0.15) is 18.1 Å². The molecule has 7 heteroatoms. The first-order chi connectivity index (χ1) is 13.7. The molecule has 4 rings (SSSR count). The highest BCUT2D eigenvalue weighted by atomic mass is 16.5. The fourth-order valence-corrected chi connectivity index (χ4v) is 3.32. The number of aromatic amines is 1.